The lowest BCUT2D eigenvalue weighted by molar-refractivity contribution is -0.112. The number of amides is 1. The fraction of sp³-hybridized carbons (Fsp3) is 0.190. The Bertz CT molecular complexity index is 979. The number of methoxy groups -OCH3 is 2. The van der Waals surface area contributed by atoms with Crippen molar-refractivity contribution in [2.45, 2.75) is 13.0 Å². The standard InChI is InChI=1S/C21H21N3O5/c1-13(14-7-8-18(28-2)19(10-14)29-3)23-12-16(11-22)20(25)24-17-6-4-5-15(9-17)21(26)27/h4-10,12-13,23H,1-3H3,(H,24,25)(H,26,27)/b16-12-. The van der Waals surface area contributed by atoms with Crippen molar-refractivity contribution in [3.05, 3.63) is 65.4 Å². The zero-order valence-electron chi connectivity index (χ0n) is 16.2. The number of carboxylic acids is 1. The smallest absolute Gasteiger partial charge is 0.335 e. The van der Waals surface area contributed by atoms with E-state index in [-0.39, 0.29) is 22.9 Å². The zero-order valence-corrected chi connectivity index (χ0v) is 16.2. The molecule has 0 aliphatic carbocycles. The summed E-state index contributed by atoms with van der Waals surface area (Å²) < 4.78 is 10.5. The number of carbonyl (C=O) groups excluding carboxylic acids is 1. The molecule has 8 heteroatoms. The summed E-state index contributed by atoms with van der Waals surface area (Å²) in [7, 11) is 3.09. The van der Waals surface area contributed by atoms with Crippen LogP contribution in [-0.4, -0.2) is 31.2 Å². The molecule has 0 radical (unpaired) electrons. The predicted molar refractivity (Wildman–Crippen MR) is 107 cm³/mol. The van der Waals surface area contributed by atoms with Gasteiger partial charge in [-0.3, -0.25) is 4.79 Å². The minimum atomic E-state index is -1.11. The van der Waals surface area contributed by atoms with Gasteiger partial charge >= 0.3 is 5.97 Å². The number of benzene rings is 2. The molecule has 2 aromatic carbocycles. The molecule has 3 N–H and O–H groups in total. The van der Waals surface area contributed by atoms with Crippen molar-refractivity contribution < 1.29 is 24.2 Å². The van der Waals surface area contributed by atoms with E-state index in [4.69, 9.17) is 14.6 Å². The van der Waals surface area contributed by atoms with E-state index in [0.717, 1.165) is 5.56 Å². The van der Waals surface area contributed by atoms with Crippen LogP contribution in [0.5, 0.6) is 11.5 Å². The van der Waals surface area contributed by atoms with Crippen LogP contribution in [0.2, 0.25) is 0 Å². The number of nitrogens with one attached hydrogen (secondary N) is 2. The van der Waals surface area contributed by atoms with Crippen LogP contribution in [0.4, 0.5) is 5.69 Å². The fourth-order valence-corrected chi connectivity index (χ4v) is 2.50. The molecule has 8 nitrogen and oxygen atoms in total. The summed E-state index contributed by atoms with van der Waals surface area (Å²) in [4.78, 5) is 23.4. The summed E-state index contributed by atoms with van der Waals surface area (Å²) in [5, 5.41) is 23.8. The first-order chi connectivity index (χ1) is 13.9. The van der Waals surface area contributed by atoms with Crippen LogP contribution in [0.25, 0.3) is 0 Å². The highest BCUT2D eigenvalue weighted by Gasteiger charge is 2.13. The molecule has 1 unspecified atom stereocenters. The number of carbonyl (C=O) groups is 2. The highest BCUT2D eigenvalue weighted by Crippen LogP contribution is 2.29. The molecule has 0 aliphatic heterocycles. The third-order valence-corrected chi connectivity index (χ3v) is 4.12. The minimum Gasteiger partial charge on any atom is -0.493 e. The average molecular weight is 395 g/mol. The lowest BCUT2D eigenvalue weighted by Gasteiger charge is -2.15. The molecule has 1 amide bonds. The molecule has 0 saturated heterocycles. The second-order valence-electron chi connectivity index (χ2n) is 6.01. The van der Waals surface area contributed by atoms with Gasteiger partial charge in [-0.15, -0.1) is 0 Å². The highest BCUT2D eigenvalue weighted by molar-refractivity contribution is 6.06. The first-order valence-corrected chi connectivity index (χ1v) is 8.62. The first-order valence-electron chi connectivity index (χ1n) is 8.62. The Morgan fingerprint density at radius 3 is 2.48 bits per heavy atom. The summed E-state index contributed by atoms with van der Waals surface area (Å²) in [6, 6.07) is 12.8. The lowest BCUT2D eigenvalue weighted by atomic mass is 10.1. The van der Waals surface area contributed by atoms with Crippen LogP contribution in [0.3, 0.4) is 0 Å². The molecule has 2 rings (SSSR count). The maximum Gasteiger partial charge on any atom is 0.335 e. The summed E-state index contributed by atoms with van der Waals surface area (Å²) in [5.41, 5.74) is 1.03. The first kappa shape index (κ1) is 21.3. The predicted octanol–water partition coefficient (Wildman–Crippen LogP) is 3.10. The van der Waals surface area contributed by atoms with Crippen LogP contribution >= 0.6 is 0 Å². The second-order valence-corrected chi connectivity index (χ2v) is 6.01. The van der Waals surface area contributed by atoms with Gasteiger partial charge in [0.15, 0.2) is 11.5 Å². The van der Waals surface area contributed by atoms with E-state index < -0.39 is 11.9 Å². The topological polar surface area (TPSA) is 121 Å². The molecule has 0 bridgehead atoms. The number of ether oxygens (including phenoxy) is 2. The number of hydrogen-bond acceptors (Lipinski definition) is 6. The van der Waals surface area contributed by atoms with Crippen molar-refractivity contribution in [1.82, 2.24) is 5.32 Å². The fourth-order valence-electron chi connectivity index (χ4n) is 2.50. The van der Waals surface area contributed by atoms with Gasteiger partial charge in [0.25, 0.3) is 5.91 Å². The van der Waals surface area contributed by atoms with Gasteiger partial charge in [-0.2, -0.15) is 5.26 Å². The molecule has 29 heavy (non-hydrogen) atoms. The monoisotopic (exact) mass is 395 g/mol. The van der Waals surface area contributed by atoms with Gasteiger partial charge in [-0.1, -0.05) is 12.1 Å². The Balaban J connectivity index is 2.11. The van der Waals surface area contributed by atoms with Crippen molar-refractivity contribution in [3.8, 4) is 17.6 Å². The number of carboxylic acid groups (broad SMARTS) is 1. The molecule has 0 aromatic heterocycles. The summed E-state index contributed by atoms with van der Waals surface area (Å²) >= 11 is 0. The molecular weight excluding hydrogens is 374 g/mol. The van der Waals surface area contributed by atoms with Gasteiger partial charge in [0.05, 0.1) is 19.8 Å². The van der Waals surface area contributed by atoms with Crippen molar-refractivity contribution in [2.75, 3.05) is 19.5 Å². The number of aromatic carboxylic acids is 1. The van der Waals surface area contributed by atoms with Crippen molar-refractivity contribution in [3.63, 3.8) is 0 Å². The normalized spacial score (nSPS) is 11.7. The van der Waals surface area contributed by atoms with Crippen molar-refractivity contribution >= 4 is 17.6 Å². The molecule has 0 heterocycles. The average Bonchev–Trinajstić information content (AvgIpc) is 2.73. The minimum absolute atomic E-state index is 0.0329. The second kappa shape index (κ2) is 9.80. The SMILES string of the molecule is COc1ccc(C(C)N/C=C(/C#N)C(=O)Nc2cccc(C(=O)O)c2)cc1OC. The van der Waals surface area contributed by atoms with Crippen LogP contribution in [0, 0.1) is 11.3 Å². The van der Waals surface area contributed by atoms with E-state index in [1.165, 1.54) is 31.5 Å². The van der Waals surface area contributed by atoms with Gasteiger partial charge in [-0.05, 0) is 42.8 Å². The quantitative estimate of drug-likeness (QED) is 0.464. The molecule has 0 saturated carbocycles. The largest absolute Gasteiger partial charge is 0.493 e. The summed E-state index contributed by atoms with van der Waals surface area (Å²) in [6.07, 6.45) is 1.32. The van der Waals surface area contributed by atoms with Gasteiger partial charge in [0.2, 0.25) is 0 Å². The van der Waals surface area contributed by atoms with E-state index in [1.807, 2.05) is 19.1 Å². The summed E-state index contributed by atoms with van der Waals surface area (Å²) in [5.74, 6) is -0.594. The van der Waals surface area contributed by atoms with Crippen LogP contribution in [0.1, 0.15) is 28.9 Å². The van der Waals surface area contributed by atoms with Gasteiger partial charge in [0.1, 0.15) is 11.6 Å². The van der Waals surface area contributed by atoms with Crippen LogP contribution < -0.4 is 20.1 Å². The Morgan fingerprint density at radius 1 is 1.14 bits per heavy atom. The molecule has 2 aromatic rings. The zero-order chi connectivity index (χ0) is 21.4. The Kier molecular flexibility index (Phi) is 7.20. The number of hydrogen-bond donors (Lipinski definition) is 3. The van der Waals surface area contributed by atoms with E-state index >= 15 is 0 Å². The van der Waals surface area contributed by atoms with E-state index in [1.54, 1.807) is 25.3 Å². The van der Waals surface area contributed by atoms with E-state index in [9.17, 15) is 14.9 Å². The Hall–Kier alpha value is -3.99. The molecule has 0 aliphatic rings. The van der Waals surface area contributed by atoms with Gasteiger partial charge in [0, 0.05) is 17.9 Å². The third kappa shape index (κ3) is 5.49. The maximum absolute atomic E-state index is 12.3. The maximum atomic E-state index is 12.3. The Morgan fingerprint density at radius 2 is 1.86 bits per heavy atom. The molecule has 0 fully saturated rings. The van der Waals surface area contributed by atoms with E-state index in [2.05, 4.69) is 10.6 Å². The Labute approximate surface area is 168 Å². The molecule has 0 spiro atoms. The highest BCUT2D eigenvalue weighted by atomic mass is 16.5. The van der Waals surface area contributed by atoms with Crippen LogP contribution in [0.15, 0.2) is 54.2 Å². The van der Waals surface area contributed by atoms with Crippen LogP contribution in [-0.2, 0) is 4.79 Å². The van der Waals surface area contributed by atoms with Crippen molar-refractivity contribution in [1.29, 1.82) is 5.26 Å². The summed E-state index contributed by atoms with van der Waals surface area (Å²) in [6.45, 7) is 1.86. The molecular formula is C21H21N3O5. The number of nitriles is 1. The van der Waals surface area contributed by atoms with Gasteiger partial charge in [-0.25, -0.2) is 4.79 Å². The van der Waals surface area contributed by atoms with E-state index in [0.29, 0.717) is 11.5 Å². The number of rotatable bonds is 8. The lowest BCUT2D eigenvalue weighted by Crippen LogP contribution is -2.18. The third-order valence-electron chi connectivity index (χ3n) is 4.12. The molecule has 1 atom stereocenters. The number of anilines is 1. The van der Waals surface area contributed by atoms with Gasteiger partial charge < -0.3 is 25.2 Å². The number of nitrogens with zero attached hydrogens (tertiary/aromatic N) is 1. The molecule has 150 valence electrons. The van der Waals surface area contributed by atoms with Crippen molar-refractivity contribution in [2.24, 2.45) is 0 Å².